The first-order valence-electron chi connectivity index (χ1n) is 8.99. The molecule has 0 amide bonds. The van der Waals surface area contributed by atoms with E-state index in [1.54, 1.807) is 18.3 Å². The van der Waals surface area contributed by atoms with Gasteiger partial charge in [-0.25, -0.2) is 14.4 Å². The standard InChI is InChI=1S/C19H22FN5O2/c1-11(2)25-14(6-8-23-25)18-13(7-9-27-18)24-19-12-4-5-15(26-3)16(20)17(12)21-10-22-19/h4-6,8,10-11,13,18H,7,9H2,1-3H3,(H,21,22,24)/t13-,18-/m1/s1. The fraction of sp³-hybridized carbons (Fsp3) is 0.421. The highest BCUT2D eigenvalue weighted by Crippen LogP contribution is 2.34. The van der Waals surface area contributed by atoms with E-state index in [0.29, 0.717) is 17.8 Å². The summed E-state index contributed by atoms with van der Waals surface area (Å²) in [5.74, 6) is 0.255. The highest BCUT2D eigenvalue weighted by atomic mass is 19.1. The molecule has 0 spiro atoms. The van der Waals surface area contributed by atoms with Gasteiger partial charge in [-0.15, -0.1) is 0 Å². The van der Waals surface area contributed by atoms with Gasteiger partial charge in [0.2, 0.25) is 0 Å². The number of nitrogens with zero attached hydrogens (tertiary/aromatic N) is 4. The van der Waals surface area contributed by atoms with Gasteiger partial charge in [-0.1, -0.05) is 0 Å². The molecule has 1 fully saturated rings. The molecule has 1 saturated heterocycles. The zero-order valence-electron chi connectivity index (χ0n) is 15.5. The van der Waals surface area contributed by atoms with Crippen LogP contribution >= 0.6 is 0 Å². The SMILES string of the molecule is COc1ccc2c(N[C@@H]3CCO[C@H]3c3ccnn3C(C)C)ncnc2c1F. The van der Waals surface area contributed by atoms with E-state index in [1.165, 1.54) is 13.4 Å². The molecule has 2 aromatic heterocycles. The molecule has 0 unspecified atom stereocenters. The summed E-state index contributed by atoms with van der Waals surface area (Å²) in [5.41, 5.74) is 1.25. The Labute approximate surface area is 156 Å². The largest absolute Gasteiger partial charge is 0.494 e. The van der Waals surface area contributed by atoms with E-state index in [0.717, 1.165) is 12.1 Å². The molecular weight excluding hydrogens is 349 g/mol. The van der Waals surface area contributed by atoms with Crippen molar-refractivity contribution in [2.24, 2.45) is 0 Å². The molecule has 0 radical (unpaired) electrons. The van der Waals surface area contributed by atoms with E-state index in [9.17, 15) is 4.39 Å². The van der Waals surface area contributed by atoms with Crippen LogP contribution in [0.2, 0.25) is 0 Å². The van der Waals surface area contributed by atoms with E-state index >= 15 is 0 Å². The summed E-state index contributed by atoms with van der Waals surface area (Å²) in [4.78, 5) is 8.41. The monoisotopic (exact) mass is 371 g/mol. The third-order valence-corrected chi connectivity index (χ3v) is 4.82. The van der Waals surface area contributed by atoms with E-state index < -0.39 is 5.82 Å². The van der Waals surface area contributed by atoms with Crippen molar-refractivity contribution < 1.29 is 13.9 Å². The maximum absolute atomic E-state index is 14.5. The van der Waals surface area contributed by atoms with Crippen LogP contribution in [-0.2, 0) is 4.74 Å². The molecule has 0 saturated carbocycles. The molecular formula is C19H22FN5O2. The molecule has 7 nitrogen and oxygen atoms in total. The Hall–Kier alpha value is -2.74. The average Bonchev–Trinajstić information content (AvgIpc) is 3.31. The molecule has 0 aliphatic carbocycles. The normalized spacial score (nSPS) is 19.7. The van der Waals surface area contributed by atoms with Crippen molar-refractivity contribution in [1.29, 1.82) is 0 Å². The Bertz CT molecular complexity index is 958. The number of ether oxygens (including phenoxy) is 2. The fourth-order valence-electron chi connectivity index (χ4n) is 3.54. The molecule has 142 valence electrons. The van der Waals surface area contributed by atoms with Crippen molar-refractivity contribution in [2.75, 3.05) is 19.0 Å². The second-order valence-electron chi connectivity index (χ2n) is 6.83. The fourth-order valence-corrected chi connectivity index (χ4v) is 3.54. The lowest BCUT2D eigenvalue weighted by Crippen LogP contribution is -2.26. The van der Waals surface area contributed by atoms with Crippen LogP contribution in [0.3, 0.4) is 0 Å². The summed E-state index contributed by atoms with van der Waals surface area (Å²) < 4.78 is 27.5. The Balaban J connectivity index is 1.67. The number of aromatic nitrogens is 4. The summed E-state index contributed by atoms with van der Waals surface area (Å²) in [7, 11) is 1.43. The van der Waals surface area contributed by atoms with Gasteiger partial charge >= 0.3 is 0 Å². The lowest BCUT2D eigenvalue weighted by Gasteiger charge is -2.23. The van der Waals surface area contributed by atoms with Crippen LogP contribution in [0.15, 0.2) is 30.7 Å². The molecule has 3 aromatic rings. The topological polar surface area (TPSA) is 74.1 Å². The minimum atomic E-state index is -0.488. The Morgan fingerprint density at radius 3 is 2.93 bits per heavy atom. The first kappa shape index (κ1) is 17.7. The second-order valence-corrected chi connectivity index (χ2v) is 6.83. The Kier molecular flexibility index (Phi) is 4.65. The van der Waals surface area contributed by atoms with Crippen LogP contribution in [0.4, 0.5) is 10.2 Å². The summed E-state index contributed by atoms with van der Waals surface area (Å²) >= 11 is 0. The quantitative estimate of drug-likeness (QED) is 0.740. The zero-order valence-corrected chi connectivity index (χ0v) is 15.5. The molecule has 0 bridgehead atoms. The first-order valence-corrected chi connectivity index (χ1v) is 8.99. The van der Waals surface area contributed by atoms with Gasteiger partial charge in [0.15, 0.2) is 11.6 Å². The second kappa shape index (κ2) is 7.11. The van der Waals surface area contributed by atoms with Gasteiger partial charge in [0.25, 0.3) is 0 Å². The maximum Gasteiger partial charge on any atom is 0.191 e. The van der Waals surface area contributed by atoms with Crippen LogP contribution in [0.1, 0.15) is 38.1 Å². The van der Waals surface area contributed by atoms with Crippen molar-refractivity contribution >= 4 is 16.7 Å². The predicted molar refractivity (Wildman–Crippen MR) is 99.4 cm³/mol. The minimum Gasteiger partial charge on any atom is -0.494 e. The number of hydrogen-bond acceptors (Lipinski definition) is 6. The first-order chi connectivity index (χ1) is 13.1. The van der Waals surface area contributed by atoms with Crippen LogP contribution in [0.25, 0.3) is 10.9 Å². The molecule has 1 aliphatic rings. The van der Waals surface area contributed by atoms with Crippen molar-refractivity contribution in [3.8, 4) is 5.75 Å². The summed E-state index contributed by atoms with van der Waals surface area (Å²) in [6, 6.07) is 5.57. The number of fused-ring (bicyclic) bond motifs is 1. The number of halogens is 1. The van der Waals surface area contributed by atoms with Gasteiger partial charge < -0.3 is 14.8 Å². The molecule has 27 heavy (non-hydrogen) atoms. The Morgan fingerprint density at radius 2 is 2.15 bits per heavy atom. The highest BCUT2D eigenvalue weighted by Gasteiger charge is 2.33. The number of hydrogen-bond donors (Lipinski definition) is 1. The lowest BCUT2D eigenvalue weighted by molar-refractivity contribution is 0.0988. The number of nitrogens with one attached hydrogen (secondary N) is 1. The lowest BCUT2D eigenvalue weighted by atomic mass is 10.1. The third kappa shape index (κ3) is 3.10. The zero-order chi connectivity index (χ0) is 19.0. The van der Waals surface area contributed by atoms with Gasteiger partial charge in [0.05, 0.1) is 18.8 Å². The Morgan fingerprint density at radius 1 is 1.30 bits per heavy atom. The number of methoxy groups -OCH3 is 1. The van der Waals surface area contributed by atoms with Crippen LogP contribution in [-0.4, -0.2) is 39.5 Å². The van der Waals surface area contributed by atoms with Crippen molar-refractivity contribution in [1.82, 2.24) is 19.7 Å². The maximum atomic E-state index is 14.5. The summed E-state index contributed by atoms with van der Waals surface area (Å²) in [6.45, 7) is 4.81. The average molecular weight is 371 g/mol. The summed E-state index contributed by atoms with van der Waals surface area (Å²) in [6.07, 6.45) is 3.81. The van der Waals surface area contributed by atoms with Crippen molar-refractivity contribution in [3.05, 3.63) is 42.2 Å². The van der Waals surface area contributed by atoms with E-state index in [1.807, 2.05) is 10.7 Å². The molecule has 1 aromatic carbocycles. The van der Waals surface area contributed by atoms with Crippen LogP contribution in [0.5, 0.6) is 5.75 Å². The van der Waals surface area contributed by atoms with Crippen molar-refractivity contribution in [3.63, 3.8) is 0 Å². The molecule has 1 N–H and O–H groups in total. The highest BCUT2D eigenvalue weighted by molar-refractivity contribution is 5.90. The number of benzene rings is 1. The summed E-state index contributed by atoms with van der Waals surface area (Å²) in [5, 5.41) is 8.44. The predicted octanol–water partition coefficient (Wildman–Crippen LogP) is 3.50. The van der Waals surface area contributed by atoms with Crippen LogP contribution in [0, 0.1) is 5.82 Å². The van der Waals surface area contributed by atoms with Gasteiger partial charge in [-0.05, 0) is 38.5 Å². The van der Waals surface area contributed by atoms with Gasteiger partial charge in [-0.2, -0.15) is 5.10 Å². The van der Waals surface area contributed by atoms with Gasteiger partial charge in [0, 0.05) is 24.2 Å². The molecule has 1 aliphatic heterocycles. The van der Waals surface area contributed by atoms with E-state index in [2.05, 4.69) is 34.2 Å². The minimum absolute atomic E-state index is 0.00228. The molecule has 4 rings (SSSR count). The van der Waals surface area contributed by atoms with Gasteiger partial charge in [-0.3, -0.25) is 4.68 Å². The van der Waals surface area contributed by atoms with E-state index in [-0.39, 0.29) is 29.5 Å². The van der Waals surface area contributed by atoms with Gasteiger partial charge in [0.1, 0.15) is 23.8 Å². The van der Waals surface area contributed by atoms with Crippen LogP contribution < -0.4 is 10.1 Å². The number of anilines is 1. The molecule has 8 heteroatoms. The smallest absolute Gasteiger partial charge is 0.191 e. The van der Waals surface area contributed by atoms with E-state index in [4.69, 9.17) is 9.47 Å². The molecule has 2 atom stereocenters. The molecule has 3 heterocycles. The number of rotatable bonds is 5. The van der Waals surface area contributed by atoms with Crippen molar-refractivity contribution in [2.45, 2.75) is 38.5 Å². The third-order valence-electron chi connectivity index (χ3n) is 4.82.